The highest BCUT2D eigenvalue weighted by Crippen LogP contribution is 2.26. The van der Waals surface area contributed by atoms with Crippen molar-refractivity contribution in [2.45, 2.75) is 17.5 Å². The molecule has 0 amide bonds. The number of hydrogen-bond acceptors (Lipinski definition) is 5. The molecule has 0 aliphatic carbocycles. The van der Waals surface area contributed by atoms with Gasteiger partial charge in [-0.3, -0.25) is 0 Å². The van der Waals surface area contributed by atoms with Gasteiger partial charge in [0, 0.05) is 25.2 Å². The van der Waals surface area contributed by atoms with Crippen molar-refractivity contribution in [2.75, 3.05) is 0 Å². The van der Waals surface area contributed by atoms with Gasteiger partial charge >= 0.3 is 0 Å². The Morgan fingerprint density at radius 1 is 1.38 bits per heavy atom. The monoisotopic (exact) mass is 298 g/mol. The van der Waals surface area contributed by atoms with Crippen LogP contribution in [0.25, 0.3) is 5.52 Å². The Labute approximate surface area is 126 Å². The number of hydrogen-bond donors (Lipinski definition) is 1. The average Bonchev–Trinajstić information content (AvgIpc) is 3.04. The van der Waals surface area contributed by atoms with Crippen LogP contribution < -0.4 is 5.73 Å². The quantitative estimate of drug-likeness (QED) is 0.741. The highest BCUT2D eigenvalue weighted by molar-refractivity contribution is 7.98. The van der Waals surface area contributed by atoms with Gasteiger partial charge < -0.3 is 14.7 Å². The van der Waals surface area contributed by atoms with Crippen LogP contribution in [0.2, 0.25) is 0 Å². The number of nitrogens with zero attached hydrogens (tertiary/aromatic N) is 5. The zero-order valence-corrected chi connectivity index (χ0v) is 12.3. The van der Waals surface area contributed by atoms with Gasteiger partial charge in [-0.2, -0.15) is 5.26 Å². The van der Waals surface area contributed by atoms with E-state index in [1.807, 2.05) is 46.6 Å². The predicted molar refractivity (Wildman–Crippen MR) is 80.6 cm³/mol. The van der Waals surface area contributed by atoms with E-state index in [0.29, 0.717) is 17.9 Å². The molecule has 0 fully saturated rings. The molecule has 2 N–H and O–H groups in total. The molecule has 0 radical (unpaired) electrons. The van der Waals surface area contributed by atoms with Crippen LogP contribution in [0.5, 0.6) is 0 Å². The zero-order chi connectivity index (χ0) is 14.8. The van der Waals surface area contributed by atoms with Crippen LogP contribution in [0.15, 0.2) is 35.7 Å². The Morgan fingerprint density at radius 2 is 2.24 bits per heavy atom. The Bertz CT molecular complexity index is 826. The fourth-order valence-corrected chi connectivity index (χ4v) is 3.11. The van der Waals surface area contributed by atoms with Gasteiger partial charge in [0.15, 0.2) is 5.16 Å². The van der Waals surface area contributed by atoms with Crippen molar-refractivity contribution in [3.05, 3.63) is 47.5 Å². The summed E-state index contributed by atoms with van der Waals surface area (Å²) >= 11 is 1.55. The number of pyridine rings is 1. The number of aromatic nitrogens is 4. The highest BCUT2D eigenvalue weighted by Gasteiger charge is 2.13. The first-order chi connectivity index (χ1) is 10.2. The standard InChI is InChI=1S/C14H14N6S/c1-19-13(7-16)17-18-14(19)21-9-10-8-20-5-3-2-4-12(20)11(10)6-15/h2-5,8H,7,9,16H2,1H3. The Morgan fingerprint density at radius 3 is 2.95 bits per heavy atom. The van der Waals surface area contributed by atoms with Crippen molar-refractivity contribution >= 4 is 17.3 Å². The Balaban J connectivity index is 1.88. The molecule has 0 aliphatic heterocycles. The topological polar surface area (TPSA) is 84.9 Å². The summed E-state index contributed by atoms with van der Waals surface area (Å²) in [5, 5.41) is 18.3. The van der Waals surface area contributed by atoms with Gasteiger partial charge in [0.2, 0.25) is 0 Å². The van der Waals surface area contributed by atoms with Crippen LogP contribution in [0.4, 0.5) is 0 Å². The molecule has 6 nitrogen and oxygen atoms in total. The zero-order valence-electron chi connectivity index (χ0n) is 11.5. The third kappa shape index (κ3) is 2.39. The predicted octanol–water partition coefficient (Wildman–Crippen LogP) is 1.69. The number of fused-ring (bicyclic) bond motifs is 1. The van der Waals surface area contributed by atoms with E-state index in [9.17, 15) is 5.26 Å². The SMILES string of the molecule is Cn1c(CN)nnc1SCc1cn2ccccc2c1C#N. The lowest BCUT2D eigenvalue weighted by atomic mass is 10.2. The fourth-order valence-electron chi connectivity index (χ4n) is 2.21. The molecular weight excluding hydrogens is 284 g/mol. The first-order valence-electron chi connectivity index (χ1n) is 6.44. The molecule has 3 aromatic rings. The highest BCUT2D eigenvalue weighted by atomic mass is 32.2. The molecule has 7 heteroatoms. The van der Waals surface area contributed by atoms with Crippen LogP contribution in [-0.2, 0) is 19.3 Å². The average molecular weight is 298 g/mol. The van der Waals surface area contributed by atoms with Crippen molar-refractivity contribution in [1.29, 1.82) is 5.26 Å². The van der Waals surface area contributed by atoms with Crippen molar-refractivity contribution in [1.82, 2.24) is 19.2 Å². The molecule has 3 rings (SSSR count). The maximum absolute atomic E-state index is 9.38. The Hall–Kier alpha value is -2.30. The lowest BCUT2D eigenvalue weighted by Crippen LogP contribution is -2.05. The Kier molecular flexibility index (Phi) is 3.64. The third-order valence-electron chi connectivity index (χ3n) is 3.34. The van der Waals surface area contributed by atoms with E-state index >= 15 is 0 Å². The summed E-state index contributed by atoms with van der Waals surface area (Å²) in [4.78, 5) is 0. The lowest BCUT2D eigenvalue weighted by Gasteiger charge is -2.01. The van der Waals surface area contributed by atoms with Gasteiger partial charge in [0.05, 0.1) is 17.6 Å². The van der Waals surface area contributed by atoms with Gasteiger partial charge in [-0.15, -0.1) is 10.2 Å². The van der Waals surface area contributed by atoms with E-state index in [4.69, 9.17) is 5.73 Å². The molecule has 0 atom stereocenters. The number of rotatable bonds is 4. The van der Waals surface area contributed by atoms with Crippen LogP contribution in [-0.4, -0.2) is 19.2 Å². The van der Waals surface area contributed by atoms with Crippen molar-refractivity contribution in [3.63, 3.8) is 0 Å². The van der Waals surface area contributed by atoms with Gasteiger partial charge in [-0.05, 0) is 17.7 Å². The molecule has 0 unspecified atom stereocenters. The first kappa shape index (κ1) is 13.7. The summed E-state index contributed by atoms with van der Waals surface area (Å²) in [6, 6.07) is 8.11. The number of thioether (sulfide) groups is 1. The fraction of sp³-hybridized carbons (Fsp3) is 0.214. The molecule has 106 valence electrons. The van der Waals surface area contributed by atoms with E-state index < -0.39 is 0 Å². The minimum absolute atomic E-state index is 0.365. The van der Waals surface area contributed by atoms with E-state index in [0.717, 1.165) is 22.1 Å². The minimum atomic E-state index is 0.365. The minimum Gasteiger partial charge on any atom is -0.324 e. The molecule has 0 aromatic carbocycles. The molecule has 0 aliphatic rings. The maximum atomic E-state index is 9.38. The molecule has 3 aromatic heterocycles. The van der Waals surface area contributed by atoms with E-state index in [1.54, 1.807) is 11.8 Å². The van der Waals surface area contributed by atoms with Crippen LogP contribution >= 0.6 is 11.8 Å². The van der Waals surface area contributed by atoms with E-state index in [2.05, 4.69) is 16.3 Å². The summed E-state index contributed by atoms with van der Waals surface area (Å²) < 4.78 is 3.85. The van der Waals surface area contributed by atoms with Gasteiger partial charge in [0.25, 0.3) is 0 Å². The molecule has 0 spiro atoms. The molecule has 0 bridgehead atoms. The third-order valence-corrected chi connectivity index (χ3v) is 4.41. The number of nitrogens with two attached hydrogens (primary N) is 1. The van der Waals surface area contributed by atoms with Crippen LogP contribution in [0.3, 0.4) is 0 Å². The lowest BCUT2D eigenvalue weighted by molar-refractivity contribution is 0.734. The van der Waals surface area contributed by atoms with Crippen molar-refractivity contribution < 1.29 is 0 Å². The second-order valence-electron chi connectivity index (χ2n) is 4.58. The van der Waals surface area contributed by atoms with E-state index in [1.165, 1.54) is 0 Å². The summed E-state index contributed by atoms with van der Waals surface area (Å²) in [5.41, 5.74) is 8.22. The number of nitriles is 1. The van der Waals surface area contributed by atoms with Gasteiger partial charge in [-0.1, -0.05) is 17.8 Å². The molecule has 3 heterocycles. The van der Waals surface area contributed by atoms with Crippen molar-refractivity contribution in [2.24, 2.45) is 12.8 Å². The van der Waals surface area contributed by atoms with Crippen LogP contribution in [0.1, 0.15) is 17.0 Å². The smallest absolute Gasteiger partial charge is 0.191 e. The largest absolute Gasteiger partial charge is 0.324 e. The van der Waals surface area contributed by atoms with Crippen LogP contribution in [0, 0.1) is 11.3 Å². The summed E-state index contributed by atoms with van der Waals surface area (Å²) in [5.74, 6) is 1.42. The second kappa shape index (κ2) is 5.60. The molecular formula is C14H14N6S. The summed E-state index contributed by atoms with van der Waals surface area (Å²) in [6.45, 7) is 0.365. The molecule has 0 saturated carbocycles. The normalized spacial score (nSPS) is 10.9. The van der Waals surface area contributed by atoms with Gasteiger partial charge in [0.1, 0.15) is 11.9 Å². The second-order valence-corrected chi connectivity index (χ2v) is 5.53. The summed E-state index contributed by atoms with van der Waals surface area (Å²) in [6.07, 6.45) is 3.93. The maximum Gasteiger partial charge on any atom is 0.191 e. The molecule has 21 heavy (non-hydrogen) atoms. The summed E-state index contributed by atoms with van der Waals surface area (Å²) in [7, 11) is 1.89. The van der Waals surface area contributed by atoms with Gasteiger partial charge in [-0.25, -0.2) is 0 Å². The first-order valence-corrected chi connectivity index (χ1v) is 7.43. The van der Waals surface area contributed by atoms with Crippen molar-refractivity contribution in [3.8, 4) is 6.07 Å². The molecule has 0 saturated heterocycles. The van der Waals surface area contributed by atoms with E-state index in [-0.39, 0.29) is 0 Å².